The summed E-state index contributed by atoms with van der Waals surface area (Å²) in [7, 11) is -4.31. The Kier molecular flexibility index (Phi) is 3.12. The Balaban J connectivity index is 2.66. The first-order valence-corrected chi connectivity index (χ1v) is 7.10. The fourth-order valence-electron chi connectivity index (χ4n) is 2.42. The molecular weight excluding hydrogens is 256 g/mol. The molecule has 1 heterocycles. The van der Waals surface area contributed by atoms with Gasteiger partial charge in [-0.1, -0.05) is 13.8 Å². The summed E-state index contributed by atoms with van der Waals surface area (Å²) >= 11 is 0. The molecule has 0 fully saturated rings. The summed E-state index contributed by atoms with van der Waals surface area (Å²) < 4.78 is 43.2. The second-order valence-electron chi connectivity index (χ2n) is 4.78. The van der Waals surface area contributed by atoms with E-state index in [1.54, 1.807) is 13.0 Å². The van der Waals surface area contributed by atoms with Gasteiger partial charge in [0.15, 0.2) is 0 Å². The number of ether oxygens (including phenoxy) is 2. The van der Waals surface area contributed by atoms with E-state index >= 15 is 0 Å². The Labute approximate surface area is 107 Å². The molecule has 0 bridgehead atoms. The zero-order valence-electron chi connectivity index (χ0n) is 10.5. The van der Waals surface area contributed by atoms with Crippen LogP contribution in [0.1, 0.15) is 20.8 Å². The molecule has 0 amide bonds. The molecule has 1 N–H and O–H groups in total. The van der Waals surface area contributed by atoms with Crippen molar-refractivity contribution in [3.8, 4) is 0 Å². The highest BCUT2D eigenvalue weighted by Crippen LogP contribution is 2.50. The second kappa shape index (κ2) is 4.22. The minimum Gasteiger partial charge on any atom is -0.472 e. The van der Waals surface area contributed by atoms with Crippen LogP contribution in [-0.4, -0.2) is 25.7 Å². The molecule has 0 spiro atoms. The predicted octanol–water partition coefficient (Wildman–Crippen LogP) is 2.00. The maximum Gasteiger partial charge on any atom is 0.293 e. The third-order valence-electron chi connectivity index (χ3n) is 3.25. The first-order valence-electron chi connectivity index (χ1n) is 5.66. The van der Waals surface area contributed by atoms with Crippen molar-refractivity contribution in [1.29, 1.82) is 0 Å². The number of hydrogen-bond acceptors (Lipinski definition) is 4. The number of fused-ring (bicyclic) bond motifs is 1. The van der Waals surface area contributed by atoms with E-state index in [2.05, 4.69) is 0 Å². The molecule has 1 aliphatic carbocycles. The molecule has 0 aromatic carbocycles. The van der Waals surface area contributed by atoms with E-state index < -0.39 is 21.6 Å². The fraction of sp³-hybridized carbons (Fsp3) is 0.500. The van der Waals surface area contributed by atoms with Crippen LogP contribution < -0.4 is 0 Å². The van der Waals surface area contributed by atoms with Crippen molar-refractivity contribution in [2.24, 2.45) is 5.41 Å². The fourth-order valence-corrected chi connectivity index (χ4v) is 3.51. The molecule has 0 aromatic rings. The van der Waals surface area contributed by atoms with Gasteiger partial charge in [0.2, 0.25) is 0 Å². The SMILES string of the molecule is CCOC1C(S(=O)(=O)O)=C2C=COC=C2C1(C)C. The highest BCUT2D eigenvalue weighted by Gasteiger charge is 2.50. The second-order valence-corrected chi connectivity index (χ2v) is 6.17. The summed E-state index contributed by atoms with van der Waals surface area (Å²) in [6.07, 6.45) is 3.72. The maximum absolute atomic E-state index is 11.6. The lowest BCUT2D eigenvalue weighted by atomic mass is 9.82. The topological polar surface area (TPSA) is 72.8 Å². The molecule has 1 aliphatic heterocycles. The Morgan fingerprint density at radius 1 is 1.50 bits per heavy atom. The van der Waals surface area contributed by atoms with E-state index in [9.17, 15) is 13.0 Å². The van der Waals surface area contributed by atoms with E-state index in [0.717, 1.165) is 5.57 Å². The van der Waals surface area contributed by atoms with Gasteiger partial charge in [0.25, 0.3) is 10.1 Å². The lowest BCUT2D eigenvalue weighted by Crippen LogP contribution is -2.32. The highest BCUT2D eigenvalue weighted by atomic mass is 32.2. The summed E-state index contributed by atoms with van der Waals surface area (Å²) in [5.41, 5.74) is 0.615. The number of hydrogen-bond donors (Lipinski definition) is 1. The lowest BCUT2D eigenvalue weighted by Gasteiger charge is -2.29. The third kappa shape index (κ3) is 1.90. The van der Waals surface area contributed by atoms with Crippen molar-refractivity contribution in [3.63, 3.8) is 0 Å². The Morgan fingerprint density at radius 3 is 2.72 bits per heavy atom. The number of allylic oxidation sites excluding steroid dienone is 2. The average molecular weight is 272 g/mol. The molecular formula is C12H16O5S. The summed E-state index contributed by atoms with van der Waals surface area (Å²) in [6.45, 7) is 5.86. The van der Waals surface area contributed by atoms with Gasteiger partial charge in [-0.3, -0.25) is 4.55 Å². The van der Waals surface area contributed by atoms with Crippen molar-refractivity contribution < 1.29 is 22.4 Å². The van der Waals surface area contributed by atoms with E-state index in [1.165, 1.54) is 12.5 Å². The maximum atomic E-state index is 11.6. The number of rotatable bonds is 3. The largest absolute Gasteiger partial charge is 0.472 e. The van der Waals surface area contributed by atoms with Crippen LogP contribution in [0.5, 0.6) is 0 Å². The van der Waals surface area contributed by atoms with Crippen LogP contribution in [0, 0.1) is 5.41 Å². The molecule has 1 unspecified atom stereocenters. The Hall–Kier alpha value is -1.11. The minimum absolute atomic E-state index is 0.0832. The van der Waals surface area contributed by atoms with Gasteiger partial charge in [-0.05, 0) is 13.0 Å². The van der Waals surface area contributed by atoms with Crippen LogP contribution in [0.3, 0.4) is 0 Å². The van der Waals surface area contributed by atoms with E-state index in [4.69, 9.17) is 9.47 Å². The third-order valence-corrected chi connectivity index (χ3v) is 4.24. The van der Waals surface area contributed by atoms with Crippen molar-refractivity contribution in [2.45, 2.75) is 26.9 Å². The minimum atomic E-state index is -4.31. The molecule has 0 aromatic heterocycles. The van der Waals surface area contributed by atoms with Crippen LogP contribution in [0.15, 0.2) is 34.7 Å². The van der Waals surface area contributed by atoms with Gasteiger partial charge in [-0.15, -0.1) is 0 Å². The summed E-state index contributed by atoms with van der Waals surface area (Å²) in [5.74, 6) is 0. The molecule has 100 valence electrons. The predicted molar refractivity (Wildman–Crippen MR) is 66.1 cm³/mol. The van der Waals surface area contributed by atoms with Gasteiger partial charge in [-0.25, -0.2) is 0 Å². The Morgan fingerprint density at radius 2 is 2.17 bits per heavy atom. The molecule has 18 heavy (non-hydrogen) atoms. The molecule has 6 heteroatoms. The normalized spacial score (nSPS) is 25.8. The lowest BCUT2D eigenvalue weighted by molar-refractivity contribution is 0.0337. The van der Waals surface area contributed by atoms with E-state index in [1.807, 2.05) is 13.8 Å². The van der Waals surface area contributed by atoms with Crippen LogP contribution >= 0.6 is 0 Å². The van der Waals surface area contributed by atoms with Crippen molar-refractivity contribution >= 4 is 10.1 Å². The van der Waals surface area contributed by atoms with Crippen LogP contribution in [0.25, 0.3) is 0 Å². The molecule has 2 rings (SSSR count). The average Bonchev–Trinajstić information content (AvgIpc) is 2.49. The molecule has 1 atom stereocenters. The summed E-state index contributed by atoms with van der Waals surface area (Å²) in [5, 5.41) is 0. The molecule has 2 aliphatic rings. The van der Waals surface area contributed by atoms with Gasteiger partial charge in [0.1, 0.15) is 11.0 Å². The van der Waals surface area contributed by atoms with E-state index in [0.29, 0.717) is 12.2 Å². The molecule has 0 saturated heterocycles. The monoisotopic (exact) mass is 272 g/mol. The highest BCUT2D eigenvalue weighted by molar-refractivity contribution is 7.90. The van der Waals surface area contributed by atoms with Crippen LogP contribution in [0.4, 0.5) is 0 Å². The van der Waals surface area contributed by atoms with Gasteiger partial charge in [0.05, 0.1) is 12.5 Å². The zero-order valence-corrected chi connectivity index (χ0v) is 11.3. The summed E-state index contributed by atoms with van der Waals surface area (Å²) in [6, 6.07) is 0. The van der Waals surface area contributed by atoms with Gasteiger partial charge in [0, 0.05) is 23.2 Å². The van der Waals surface area contributed by atoms with Crippen molar-refractivity contribution in [1.82, 2.24) is 0 Å². The van der Waals surface area contributed by atoms with Gasteiger partial charge in [-0.2, -0.15) is 8.42 Å². The standard InChI is InChI=1S/C12H16O5S/c1-4-17-11-10(18(13,14)15)8-5-6-16-7-9(8)12(11,2)3/h5-7,11H,4H2,1-3H3,(H,13,14,15). The van der Waals surface area contributed by atoms with Crippen molar-refractivity contribution in [2.75, 3.05) is 6.61 Å². The first kappa shape index (κ1) is 13.3. The van der Waals surface area contributed by atoms with Gasteiger partial charge < -0.3 is 9.47 Å². The van der Waals surface area contributed by atoms with Crippen LogP contribution in [-0.2, 0) is 19.6 Å². The van der Waals surface area contributed by atoms with Gasteiger partial charge >= 0.3 is 0 Å². The zero-order chi connectivity index (χ0) is 13.6. The smallest absolute Gasteiger partial charge is 0.293 e. The molecule has 5 nitrogen and oxygen atoms in total. The summed E-state index contributed by atoms with van der Waals surface area (Å²) in [4.78, 5) is -0.0832. The molecule has 0 saturated carbocycles. The first-order chi connectivity index (χ1) is 8.30. The Bertz CT molecular complexity index is 551. The van der Waals surface area contributed by atoms with Crippen molar-refractivity contribution in [3.05, 3.63) is 34.7 Å². The quantitative estimate of drug-likeness (QED) is 0.795. The van der Waals surface area contributed by atoms with E-state index in [-0.39, 0.29) is 4.91 Å². The van der Waals surface area contributed by atoms with Crippen LogP contribution in [0.2, 0.25) is 0 Å². The molecule has 0 radical (unpaired) electrons.